The molecule has 0 aliphatic rings. The van der Waals surface area contributed by atoms with E-state index < -0.39 is 9.84 Å². The van der Waals surface area contributed by atoms with E-state index in [4.69, 9.17) is 11.6 Å². The van der Waals surface area contributed by atoms with Gasteiger partial charge < -0.3 is 5.32 Å². The second-order valence-corrected chi connectivity index (χ2v) is 9.09. The molecular weight excluding hydrogens is 354 g/mol. The zero-order valence-electron chi connectivity index (χ0n) is 13.7. The van der Waals surface area contributed by atoms with E-state index in [0.29, 0.717) is 17.3 Å². The molecule has 0 spiro atoms. The van der Waals surface area contributed by atoms with Gasteiger partial charge >= 0.3 is 0 Å². The molecule has 0 fully saturated rings. The van der Waals surface area contributed by atoms with Crippen molar-refractivity contribution in [2.45, 2.75) is 38.9 Å². The van der Waals surface area contributed by atoms with Gasteiger partial charge in [-0.2, -0.15) is 0 Å². The summed E-state index contributed by atoms with van der Waals surface area (Å²) >= 11 is 7.84. The third kappa shape index (κ3) is 4.02. The van der Waals surface area contributed by atoms with E-state index in [1.807, 2.05) is 25.3 Å². The molecule has 5 nitrogen and oxygen atoms in total. The minimum absolute atomic E-state index is 0.104. The average molecular weight is 374 g/mol. The van der Waals surface area contributed by atoms with Gasteiger partial charge in [-0.05, 0) is 36.8 Å². The summed E-state index contributed by atoms with van der Waals surface area (Å²) < 4.78 is 23.6. The molecule has 8 heteroatoms. The Morgan fingerprint density at radius 1 is 1.26 bits per heavy atom. The first-order valence-electron chi connectivity index (χ1n) is 7.20. The van der Waals surface area contributed by atoms with Crippen LogP contribution < -0.4 is 5.32 Å². The molecule has 23 heavy (non-hydrogen) atoms. The molecule has 1 atom stereocenters. The zero-order chi connectivity index (χ0) is 17.4. The van der Waals surface area contributed by atoms with Crippen LogP contribution in [0.2, 0.25) is 5.15 Å². The number of nitrogens with one attached hydrogen (secondary N) is 1. The predicted molar refractivity (Wildman–Crippen MR) is 96.1 cm³/mol. The van der Waals surface area contributed by atoms with Crippen LogP contribution >= 0.6 is 22.9 Å². The number of aromatic nitrogens is 2. The van der Waals surface area contributed by atoms with Crippen molar-refractivity contribution in [2.75, 3.05) is 11.6 Å². The minimum Gasteiger partial charge on any atom is -0.367 e. The van der Waals surface area contributed by atoms with E-state index in [1.165, 1.54) is 11.3 Å². The molecule has 2 aromatic heterocycles. The molecule has 1 N–H and O–H groups in total. The van der Waals surface area contributed by atoms with Gasteiger partial charge in [0.2, 0.25) is 15.0 Å². The molecule has 2 aromatic rings. The largest absolute Gasteiger partial charge is 0.367 e. The number of thiophene rings is 1. The standard InChI is InChI=1S/C15H20ClN3O2S2/c1-8(2)10(4)17-14-11(12-9(3)6-7-22-12)13(16)18-15(19-14)23(5,20)21/h6-8,10H,1-5H3,(H,17,18,19). The first kappa shape index (κ1) is 18.2. The van der Waals surface area contributed by atoms with Gasteiger partial charge in [-0.15, -0.1) is 11.3 Å². The van der Waals surface area contributed by atoms with Gasteiger partial charge in [-0.3, -0.25) is 0 Å². The van der Waals surface area contributed by atoms with Crippen molar-refractivity contribution >= 4 is 38.6 Å². The van der Waals surface area contributed by atoms with Crippen LogP contribution in [-0.4, -0.2) is 30.7 Å². The molecule has 0 aromatic carbocycles. The smallest absolute Gasteiger partial charge is 0.250 e. The van der Waals surface area contributed by atoms with Gasteiger partial charge in [0.15, 0.2) is 0 Å². The lowest BCUT2D eigenvalue weighted by Crippen LogP contribution is -2.23. The van der Waals surface area contributed by atoms with Crippen LogP contribution in [0, 0.1) is 12.8 Å². The molecule has 0 aliphatic carbocycles. The quantitative estimate of drug-likeness (QED) is 0.632. The second kappa shape index (κ2) is 6.75. The van der Waals surface area contributed by atoms with Gasteiger partial charge in [0.25, 0.3) is 0 Å². The highest BCUT2D eigenvalue weighted by Gasteiger charge is 2.23. The number of aryl methyl sites for hydroxylation is 1. The number of nitrogens with zero attached hydrogens (tertiary/aromatic N) is 2. The summed E-state index contributed by atoms with van der Waals surface area (Å²) in [6.07, 6.45) is 1.07. The molecule has 0 bridgehead atoms. The SMILES string of the molecule is Cc1ccsc1-c1c(Cl)nc(S(C)(=O)=O)nc1NC(C)C(C)C. The highest BCUT2D eigenvalue weighted by atomic mass is 35.5. The van der Waals surface area contributed by atoms with E-state index in [1.54, 1.807) is 0 Å². The van der Waals surface area contributed by atoms with Crippen LogP contribution in [0.5, 0.6) is 0 Å². The Bertz CT molecular complexity index is 816. The maximum atomic E-state index is 11.8. The van der Waals surface area contributed by atoms with Crippen molar-refractivity contribution < 1.29 is 8.42 Å². The van der Waals surface area contributed by atoms with E-state index in [0.717, 1.165) is 16.7 Å². The number of halogens is 1. The van der Waals surface area contributed by atoms with E-state index in [-0.39, 0.29) is 16.4 Å². The van der Waals surface area contributed by atoms with Crippen molar-refractivity contribution in [3.8, 4) is 10.4 Å². The molecule has 0 aliphatic heterocycles. The highest BCUT2D eigenvalue weighted by molar-refractivity contribution is 7.90. The van der Waals surface area contributed by atoms with Crippen molar-refractivity contribution in [3.63, 3.8) is 0 Å². The maximum absolute atomic E-state index is 11.8. The van der Waals surface area contributed by atoms with Gasteiger partial charge in [0.1, 0.15) is 11.0 Å². The van der Waals surface area contributed by atoms with Crippen LogP contribution in [0.4, 0.5) is 5.82 Å². The van der Waals surface area contributed by atoms with E-state index in [9.17, 15) is 8.42 Å². The van der Waals surface area contributed by atoms with Gasteiger partial charge in [0, 0.05) is 17.2 Å². The fourth-order valence-electron chi connectivity index (χ4n) is 1.90. The topological polar surface area (TPSA) is 72.0 Å². The monoisotopic (exact) mass is 373 g/mol. The third-order valence-corrected chi connectivity index (χ3v) is 5.78. The summed E-state index contributed by atoms with van der Waals surface area (Å²) in [7, 11) is -3.54. The third-order valence-electron chi connectivity index (χ3n) is 3.63. The summed E-state index contributed by atoms with van der Waals surface area (Å²) in [6.45, 7) is 8.15. The number of hydrogen-bond donors (Lipinski definition) is 1. The average Bonchev–Trinajstić information content (AvgIpc) is 2.83. The Kier molecular flexibility index (Phi) is 5.33. The highest BCUT2D eigenvalue weighted by Crippen LogP contribution is 2.39. The second-order valence-electron chi connectivity index (χ2n) is 5.90. The molecule has 0 saturated heterocycles. The minimum atomic E-state index is -3.54. The Morgan fingerprint density at radius 2 is 1.91 bits per heavy atom. The molecule has 1 unspecified atom stereocenters. The van der Waals surface area contributed by atoms with Crippen molar-refractivity contribution in [1.82, 2.24) is 9.97 Å². The van der Waals surface area contributed by atoms with Crippen molar-refractivity contribution in [3.05, 3.63) is 22.2 Å². The summed E-state index contributed by atoms with van der Waals surface area (Å²) in [5, 5.41) is 5.12. The lowest BCUT2D eigenvalue weighted by Gasteiger charge is -2.21. The Hall–Kier alpha value is -1.18. The normalized spacial score (nSPS) is 13.3. The number of rotatable bonds is 5. The first-order chi connectivity index (χ1) is 10.6. The summed E-state index contributed by atoms with van der Waals surface area (Å²) in [5.74, 6) is 0.805. The number of anilines is 1. The Morgan fingerprint density at radius 3 is 2.39 bits per heavy atom. The fraction of sp³-hybridized carbons (Fsp3) is 0.467. The fourth-order valence-corrected chi connectivity index (χ4v) is 3.75. The molecule has 0 saturated carbocycles. The molecule has 0 amide bonds. The Labute approximate surface area is 146 Å². The predicted octanol–water partition coefficient (Wildman–Crippen LogP) is 4.03. The molecule has 0 radical (unpaired) electrons. The Balaban J connectivity index is 2.67. The summed E-state index contributed by atoms with van der Waals surface area (Å²) in [5.41, 5.74) is 1.70. The molecule has 126 valence electrons. The van der Waals surface area contributed by atoms with E-state index in [2.05, 4.69) is 29.1 Å². The molecule has 2 heterocycles. The summed E-state index contributed by atoms with van der Waals surface area (Å²) in [6, 6.07) is 2.09. The summed E-state index contributed by atoms with van der Waals surface area (Å²) in [4.78, 5) is 9.16. The van der Waals surface area contributed by atoms with Crippen molar-refractivity contribution in [2.24, 2.45) is 5.92 Å². The van der Waals surface area contributed by atoms with Crippen LogP contribution in [0.15, 0.2) is 16.6 Å². The van der Waals surface area contributed by atoms with Crippen molar-refractivity contribution in [1.29, 1.82) is 0 Å². The first-order valence-corrected chi connectivity index (χ1v) is 10.3. The number of hydrogen-bond acceptors (Lipinski definition) is 6. The van der Waals surface area contributed by atoms with E-state index >= 15 is 0 Å². The van der Waals surface area contributed by atoms with Crippen LogP contribution in [0.3, 0.4) is 0 Å². The zero-order valence-corrected chi connectivity index (χ0v) is 16.1. The van der Waals surface area contributed by atoms with Crippen LogP contribution in [0.1, 0.15) is 26.3 Å². The lowest BCUT2D eigenvalue weighted by molar-refractivity contribution is 0.557. The van der Waals surface area contributed by atoms with Crippen LogP contribution in [0.25, 0.3) is 10.4 Å². The molecule has 2 rings (SSSR count). The lowest BCUT2D eigenvalue weighted by atomic mass is 10.1. The van der Waals surface area contributed by atoms with Gasteiger partial charge in [-0.25, -0.2) is 18.4 Å². The molecular formula is C15H20ClN3O2S2. The van der Waals surface area contributed by atoms with Gasteiger partial charge in [-0.1, -0.05) is 25.4 Å². The van der Waals surface area contributed by atoms with Crippen LogP contribution in [-0.2, 0) is 9.84 Å². The van der Waals surface area contributed by atoms with Gasteiger partial charge in [0.05, 0.1) is 5.56 Å². The number of sulfone groups is 1. The maximum Gasteiger partial charge on any atom is 0.250 e.